The number of alkyl halides is 3. The summed E-state index contributed by atoms with van der Waals surface area (Å²) in [4.78, 5) is -0.975. The Hall–Kier alpha value is -1.09. The molecule has 0 bridgehead atoms. The van der Waals surface area contributed by atoms with Gasteiger partial charge in [-0.2, -0.15) is 18.3 Å². The fraction of sp³-hybridized carbons (Fsp3) is 0.500. The number of hydrogen-bond donors (Lipinski definition) is 1. The molecule has 15 heavy (non-hydrogen) atoms. The maximum Gasteiger partial charge on any atom is 0.436 e. The van der Waals surface area contributed by atoms with E-state index in [-0.39, 0.29) is 5.69 Å². The number of nitrogens with zero attached hydrogens (tertiary/aromatic N) is 2. The zero-order chi connectivity index (χ0) is 12.0. The Morgan fingerprint density at radius 2 is 1.87 bits per heavy atom. The highest BCUT2D eigenvalue weighted by atomic mass is 32.2. The lowest BCUT2D eigenvalue weighted by Crippen LogP contribution is -2.18. The number of aryl methyl sites for hydroxylation is 1. The molecule has 5 nitrogen and oxygen atoms in total. The van der Waals surface area contributed by atoms with Crippen LogP contribution in [-0.4, -0.2) is 18.2 Å². The van der Waals surface area contributed by atoms with E-state index in [9.17, 15) is 21.6 Å². The van der Waals surface area contributed by atoms with Gasteiger partial charge in [0.15, 0.2) is 5.69 Å². The third kappa shape index (κ3) is 2.12. The van der Waals surface area contributed by atoms with Gasteiger partial charge in [-0.15, -0.1) is 0 Å². The van der Waals surface area contributed by atoms with E-state index in [1.165, 1.54) is 14.0 Å². The van der Waals surface area contributed by atoms with Crippen LogP contribution in [-0.2, 0) is 23.2 Å². The second kappa shape index (κ2) is 3.20. The van der Waals surface area contributed by atoms with Crippen molar-refractivity contribution in [3.8, 4) is 0 Å². The van der Waals surface area contributed by atoms with Crippen molar-refractivity contribution < 1.29 is 21.6 Å². The maximum atomic E-state index is 12.4. The molecule has 0 fully saturated rings. The SMILES string of the molecule is Cc1c(S(N)(=O)=O)c(C(F)(F)F)nn1C. The quantitative estimate of drug-likeness (QED) is 0.775. The molecular weight excluding hydrogens is 235 g/mol. The molecule has 0 aliphatic rings. The van der Waals surface area contributed by atoms with Crippen molar-refractivity contribution in [3.63, 3.8) is 0 Å². The monoisotopic (exact) mass is 243 g/mol. The number of nitrogens with two attached hydrogens (primary N) is 1. The molecule has 1 rings (SSSR count). The molecule has 1 heterocycles. The van der Waals surface area contributed by atoms with Gasteiger partial charge in [-0.05, 0) is 6.92 Å². The molecule has 1 aromatic heterocycles. The summed E-state index contributed by atoms with van der Waals surface area (Å²) in [5.41, 5.74) is -1.63. The summed E-state index contributed by atoms with van der Waals surface area (Å²) in [6.45, 7) is 1.20. The fourth-order valence-electron chi connectivity index (χ4n) is 1.11. The minimum atomic E-state index is -4.84. The largest absolute Gasteiger partial charge is 0.436 e. The lowest BCUT2D eigenvalue weighted by atomic mass is 10.3. The van der Waals surface area contributed by atoms with Gasteiger partial charge in [0.05, 0.1) is 5.69 Å². The van der Waals surface area contributed by atoms with Crippen molar-refractivity contribution in [2.24, 2.45) is 12.2 Å². The Labute approximate surface area is 83.7 Å². The van der Waals surface area contributed by atoms with Crippen molar-refractivity contribution >= 4 is 10.0 Å². The van der Waals surface area contributed by atoms with E-state index in [4.69, 9.17) is 0 Å². The van der Waals surface area contributed by atoms with Crippen LogP contribution in [0, 0.1) is 6.92 Å². The molecule has 0 amide bonds. The summed E-state index contributed by atoms with van der Waals surface area (Å²) < 4.78 is 59.9. The van der Waals surface area contributed by atoms with Gasteiger partial charge in [-0.25, -0.2) is 13.6 Å². The van der Waals surface area contributed by atoms with Gasteiger partial charge in [0, 0.05) is 7.05 Å². The van der Waals surface area contributed by atoms with E-state index in [1.54, 1.807) is 0 Å². The number of halogens is 3. The summed E-state index contributed by atoms with van der Waals surface area (Å²) >= 11 is 0. The summed E-state index contributed by atoms with van der Waals surface area (Å²) in [5, 5.41) is 7.77. The molecule has 0 radical (unpaired) electrons. The Balaban J connectivity index is 3.63. The third-order valence-electron chi connectivity index (χ3n) is 1.83. The van der Waals surface area contributed by atoms with Crippen LogP contribution in [0.1, 0.15) is 11.4 Å². The average Bonchev–Trinajstić information content (AvgIpc) is 2.25. The van der Waals surface area contributed by atoms with E-state index in [0.717, 1.165) is 4.68 Å². The molecule has 9 heteroatoms. The highest BCUT2D eigenvalue weighted by molar-refractivity contribution is 7.89. The summed E-state index contributed by atoms with van der Waals surface area (Å²) in [6.07, 6.45) is -4.84. The molecule has 0 spiro atoms. The molecule has 0 unspecified atom stereocenters. The highest BCUT2D eigenvalue weighted by Gasteiger charge is 2.41. The number of sulfonamides is 1. The molecular formula is C6H8F3N3O2S. The molecule has 2 N–H and O–H groups in total. The van der Waals surface area contributed by atoms with Gasteiger partial charge >= 0.3 is 6.18 Å². The second-order valence-electron chi connectivity index (χ2n) is 2.93. The first kappa shape index (κ1) is 12.0. The predicted octanol–water partition coefficient (Wildman–Crippen LogP) is 0.395. The Morgan fingerprint density at radius 3 is 2.13 bits per heavy atom. The lowest BCUT2D eigenvalue weighted by molar-refractivity contribution is -0.143. The first-order chi connectivity index (χ1) is 6.55. The smallest absolute Gasteiger partial charge is 0.271 e. The number of aromatic nitrogens is 2. The van der Waals surface area contributed by atoms with E-state index in [0.29, 0.717) is 0 Å². The molecule has 1 aromatic rings. The van der Waals surface area contributed by atoms with E-state index < -0.39 is 26.8 Å². The van der Waals surface area contributed by atoms with Gasteiger partial charge in [-0.1, -0.05) is 0 Å². The normalized spacial score (nSPS) is 13.2. The van der Waals surface area contributed by atoms with Crippen molar-refractivity contribution in [1.82, 2.24) is 9.78 Å². The molecule has 86 valence electrons. The molecule has 0 aliphatic carbocycles. The van der Waals surface area contributed by atoms with Crippen molar-refractivity contribution in [1.29, 1.82) is 0 Å². The third-order valence-corrected chi connectivity index (χ3v) is 2.89. The van der Waals surface area contributed by atoms with Gasteiger partial charge in [-0.3, -0.25) is 4.68 Å². The number of rotatable bonds is 1. The molecule has 0 saturated heterocycles. The molecule has 0 saturated carbocycles. The van der Waals surface area contributed by atoms with Crippen LogP contribution >= 0.6 is 0 Å². The van der Waals surface area contributed by atoms with Crippen LogP contribution in [0.2, 0.25) is 0 Å². The standard InChI is InChI=1S/C6H8F3N3O2S/c1-3-4(15(10,13)14)5(6(7,8)9)11-12(3)2/h1-2H3,(H2,10,13,14). The zero-order valence-corrected chi connectivity index (χ0v) is 8.65. The van der Waals surface area contributed by atoms with Crippen molar-refractivity contribution in [2.45, 2.75) is 18.0 Å². The summed E-state index contributed by atoms with van der Waals surface area (Å²) in [6, 6.07) is 0. The molecule has 0 aromatic carbocycles. The second-order valence-corrected chi connectivity index (χ2v) is 4.43. The predicted molar refractivity (Wildman–Crippen MR) is 44.3 cm³/mol. The van der Waals surface area contributed by atoms with E-state index in [1.807, 2.05) is 0 Å². The Morgan fingerprint density at radius 1 is 1.40 bits per heavy atom. The maximum absolute atomic E-state index is 12.4. The minimum Gasteiger partial charge on any atom is -0.271 e. The number of primary sulfonamides is 1. The van der Waals surface area contributed by atoms with Crippen LogP contribution in [0.25, 0.3) is 0 Å². The minimum absolute atomic E-state index is 0.148. The van der Waals surface area contributed by atoms with Gasteiger partial charge < -0.3 is 0 Å². The highest BCUT2D eigenvalue weighted by Crippen LogP contribution is 2.33. The van der Waals surface area contributed by atoms with Crippen LogP contribution in [0.5, 0.6) is 0 Å². The Bertz CT molecular complexity index is 488. The van der Waals surface area contributed by atoms with Crippen LogP contribution in [0.3, 0.4) is 0 Å². The Kier molecular flexibility index (Phi) is 2.56. The van der Waals surface area contributed by atoms with Gasteiger partial charge in [0.1, 0.15) is 4.90 Å². The van der Waals surface area contributed by atoms with E-state index >= 15 is 0 Å². The van der Waals surface area contributed by atoms with Crippen molar-refractivity contribution in [3.05, 3.63) is 11.4 Å². The van der Waals surface area contributed by atoms with Crippen LogP contribution < -0.4 is 5.14 Å². The molecule has 0 aliphatic heterocycles. The fourth-order valence-corrected chi connectivity index (χ4v) is 2.08. The van der Waals surface area contributed by atoms with Crippen molar-refractivity contribution in [2.75, 3.05) is 0 Å². The first-order valence-electron chi connectivity index (χ1n) is 3.68. The molecule has 0 atom stereocenters. The lowest BCUT2D eigenvalue weighted by Gasteiger charge is -2.04. The van der Waals surface area contributed by atoms with Gasteiger partial charge in [0.2, 0.25) is 10.0 Å². The average molecular weight is 243 g/mol. The summed E-state index contributed by atoms with van der Waals surface area (Å²) in [5.74, 6) is 0. The topological polar surface area (TPSA) is 78.0 Å². The number of hydrogen-bond acceptors (Lipinski definition) is 3. The first-order valence-corrected chi connectivity index (χ1v) is 5.23. The summed E-state index contributed by atoms with van der Waals surface area (Å²) in [7, 11) is -3.22. The van der Waals surface area contributed by atoms with E-state index in [2.05, 4.69) is 10.2 Å². The van der Waals surface area contributed by atoms with Crippen LogP contribution in [0.15, 0.2) is 4.90 Å². The van der Waals surface area contributed by atoms with Crippen LogP contribution in [0.4, 0.5) is 13.2 Å². The van der Waals surface area contributed by atoms with Gasteiger partial charge in [0.25, 0.3) is 0 Å². The zero-order valence-electron chi connectivity index (χ0n) is 7.83.